The Labute approximate surface area is 118 Å². The minimum Gasteiger partial charge on any atom is -0.316 e. The van der Waals surface area contributed by atoms with Gasteiger partial charge < -0.3 is 15.5 Å². The van der Waals surface area contributed by atoms with Crippen molar-refractivity contribution in [2.24, 2.45) is 5.92 Å². The summed E-state index contributed by atoms with van der Waals surface area (Å²) in [6.07, 6.45) is 4.06. The molecule has 0 bridgehead atoms. The van der Waals surface area contributed by atoms with E-state index in [2.05, 4.69) is 34.4 Å². The van der Waals surface area contributed by atoms with Crippen molar-refractivity contribution in [3.63, 3.8) is 0 Å². The number of hydrogen-bond acceptors (Lipinski definition) is 4. The Bertz CT molecular complexity index is 240. The van der Waals surface area contributed by atoms with Crippen molar-refractivity contribution < 1.29 is 0 Å². The third kappa shape index (κ3) is 5.38. The Morgan fingerprint density at radius 2 is 2.05 bits per heavy atom. The van der Waals surface area contributed by atoms with E-state index in [0.717, 1.165) is 25.0 Å². The Kier molecular flexibility index (Phi) is 6.57. The lowest BCUT2D eigenvalue weighted by Gasteiger charge is -2.33. The summed E-state index contributed by atoms with van der Waals surface area (Å²) in [4.78, 5) is 5.09. The number of piperidine rings is 1. The van der Waals surface area contributed by atoms with E-state index in [1.807, 2.05) is 0 Å². The van der Waals surface area contributed by atoms with Crippen molar-refractivity contribution in [2.75, 3.05) is 59.4 Å². The van der Waals surface area contributed by atoms with E-state index in [4.69, 9.17) is 0 Å². The lowest BCUT2D eigenvalue weighted by molar-refractivity contribution is 0.173. The zero-order valence-electron chi connectivity index (χ0n) is 12.8. The highest BCUT2D eigenvalue weighted by molar-refractivity contribution is 4.75. The van der Waals surface area contributed by atoms with Gasteiger partial charge in [-0.1, -0.05) is 0 Å². The fourth-order valence-electron chi connectivity index (χ4n) is 3.36. The molecule has 2 N–H and O–H groups in total. The van der Waals surface area contributed by atoms with Crippen LogP contribution in [0.4, 0.5) is 0 Å². The molecule has 2 unspecified atom stereocenters. The van der Waals surface area contributed by atoms with Gasteiger partial charge in [-0.25, -0.2) is 0 Å². The van der Waals surface area contributed by atoms with Crippen LogP contribution >= 0.6 is 0 Å². The van der Waals surface area contributed by atoms with E-state index < -0.39 is 0 Å². The number of likely N-dealkylation sites (tertiary alicyclic amines) is 1. The van der Waals surface area contributed by atoms with Crippen molar-refractivity contribution in [3.8, 4) is 0 Å². The molecule has 2 atom stereocenters. The number of hydrogen-bond donors (Lipinski definition) is 2. The van der Waals surface area contributed by atoms with Crippen LogP contribution in [0.5, 0.6) is 0 Å². The Hall–Kier alpha value is -0.160. The fourth-order valence-corrected chi connectivity index (χ4v) is 3.36. The molecule has 0 spiro atoms. The van der Waals surface area contributed by atoms with Crippen LogP contribution in [0.25, 0.3) is 0 Å². The van der Waals surface area contributed by atoms with Gasteiger partial charge in [-0.3, -0.25) is 4.90 Å². The topological polar surface area (TPSA) is 30.5 Å². The summed E-state index contributed by atoms with van der Waals surface area (Å²) in [6.45, 7) is 12.1. The maximum atomic E-state index is 3.68. The molecule has 2 saturated heterocycles. The average Bonchev–Trinajstić information content (AvgIpc) is 2.44. The summed E-state index contributed by atoms with van der Waals surface area (Å²) in [7, 11) is 2.25. The lowest BCUT2D eigenvalue weighted by Crippen LogP contribution is -2.48. The summed E-state index contributed by atoms with van der Waals surface area (Å²) in [5.74, 6) is 0.869. The Balaban J connectivity index is 1.53. The highest BCUT2D eigenvalue weighted by Gasteiger charge is 2.18. The monoisotopic (exact) mass is 268 g/mol. The van der Waals surface area contributed by atoms with Crippen molar-refractivity contribution in [1.82, 2.24) is 20.4 Å². The van der Waals surface area contributed by atoms with Gasteiger partial charge in [0.15, 0.2) is 0 Å². The Morgan fingerprint density at radius 1 is 1.26 bits per heavy atom. The molecule has 19 heavy (non-hydrogen) atoms. The van der Waals surface area contributed by atoms with Crippen LogP contribution in [-0.4, -0.2) is 75.2 Å². The quantitative estimate of drug-likeness (QED) is 0.691. The molecular weight excluding hydrogens is 236 g/mol. The maximum Gasteiger partial charge on any atom is 0.0110 e. The van der Waals surface area contributed by atoms with E-state index in [-0.39, 0.29) is 0 Å². The molecule has 0 saturated carbocycles. The molecule has 2 fully saturated rings. The second-order valence-electron chi connectivity index (χ2n) is 6.40. The van der Waals surface area contributed by atoms with Crippen LogP contribution in [0.15, 0.2) is 0 Å². The van der Waals surface area contributed by atoms with Gasteiger partial charge in [0.25, 0.3) is 0 Å². The van der Waals surface area contributed by atoms with Crippen molar-refractivity contribution >= 4 is 0 Å². The molecule has 0 aromatic carbocycles. The molecule has 0 amide bonds. The minimum atomic E-state index is 0.726. The molecule has 0 radical (unpaired) electrons. The summed E-state index contributed by atoms with van der Waals surface area (Å²) < 4.78 is 0. The number of nitrogens with zero attached hydrogens (tertiary/aromatic N) is 2. The molecule has 4 heteroatoms. The highest BCUT2D eigenvalue weighted by Crippen LogP contribution is 2.13. The van der Waals surface area contributed by atoms with E-state index in [0.29, 0.717) is 0 Å². The van der Waals surface area contributed by atoms with Crippen molar-refractivity contribution in [2.45, 2.75) is 32.2 Å². The molecule has 2 aliphatic heterocycles. The number of rotatable bonds is 6. The summed E-state index contributed by atoms with van der Waals surface area (Å²) in [5.41, 5.74) is 0. The first-order valence-electron chi connectivity index (χ1n) is 8.09. The standard InChI is InChI=1S/C15H32N4/c1-14(19-10-7-16-8-11-19)5-6-17-12-15-4-3-9-18(2)13-15/h14-17H,3-13H2,1-2H3. The van der Waals surface area contributed by atoms with Crippen LogP contribution in [0, 0.1) is 5.92 Å². The van der Waals surface area contributed by atoms with E-state index in [1.165, 1.54) is 58.5 Å². The molecule has 112 valence electrons. The fraction of sp³-hybridized carbons (Fsp3) is 1.00. The summed E-state index contributed by atoms with van der Waals surface area (Å²) in [5, 5.41) is 7.10. The zero-order valence-corrected chi connectivity index (χ0v) is 12.8. The second kappa shape index (κ2) is 8.20. The lowest BCUT2D eigenvalue weighted by atomic mass is 9.98. The minimum absolute atomic E-state index is 0.726. The van der Waals surface area contributed by atoms with Gasteiger partial charge in [0, 0.05) is 38.8 Å². The zero-order chi connectivity index (χ0) is 13.5. The first kappa shape index (κ1) is 15.2. The second-order valence-corrected chi connectivity index (χ2v) is 6.40. The van der Waals surface area contributed by atoms with Crippen LogP contribution in [0.3, 0.4) is 0 Å². The largest absolute Gasteiger partial charge is 0.316 e. The first-order chi connectivity index (χ1) is 9.25. The van der Waals surface area contributed by atoms with E-state index in [9.17, 15) is 0 Å². The van der Waals surface area contributed by atoms with Gasteiger partial charge in [0.1, 0.15) is 0 Å². The number of nitrogens with one attached hydrogen (secondary N) is 2. The molecule has 2 heterocycles. The highest BCUT2D eigenvalue weighted by atomic mass is 15.2. The molecule has 2 aliphatic rings. The maximum absolute atomic E-state index is 3.68. The van der Waals surface area contributed by atoms with Gasteiger partial charge in [-0.2, -0.15) is 0 Å². The van der Waals surface area contributed by atoms with E-state index >= 15 is 0 Å². The van der Waals surface area contributed by atoms with Crippen LogP contribution in [0.2, 0.25) is 0 Å². The molecule has 2 rings (SSSR count). The normalized spacial score (nSPS) is 28.4. The van der Waals surface area contributed by atoms with Crippen LogP contribution in [-0.2, 0) is 0 Å². The van der Waals surface area contributed by atoms with Crippen molar-refractivity contribution in [1.29, 1.82) is 0 Å². The third-order valence-electron chi connectivity index (χ3n) is 4.67. The SMILES string of the molecule is CC(CCNCC1CCCN(C)C1)N1CCNCC1. The van der Waals surface area contributed by atoms with Gasteiger partial charge in [0.05, 0.1) is 0 Å². The molecule has 0 aromatic heterocycles. The first-order valence-corrected chi connectivity index (χ1v) is 8.09. The third-order valence-corrected chi connectivity index (χ3v) is 4.67. The van der Waals surface area contributed by atoms with Gasteiger partial charge >= 0.3 is 0 Å². The van der Waals surface area contributed by atoms with Gasteiger partial charge in [0.2, 0.25) is 0 Å². The molecule has 0 aliphatic carbocycles. The van der Waals surface area contributed by atoms with Crippen molar-refractivity contribution in [3.05, 3.63) is 0 Å². The summed E-state index contributed by atoms with van der Waals surface area (Å²) in [6, 6.07) is 0.726. The van der Waals surface area contributed by atoms with Gasteiger partial charge in [-0.05, 0) is 58.8 Å². The number of piperazine rings is 1. The van der Waals surface area contributed by atoms with Gasteiger partial charge in [-0.15, -0.1) is 0 Å². The van der Waals surface area contributed by atoms with E-state index in [1.54, 1.807) is 0 Å². The predicted octanol–water partition coefficient (Wildman–Crippen LogP) is 0.602. The predicted molar refractivity (Wildman–Crippen MR) is 81.6 cm³/mol. The molecule has 0 aromatic rings. The molecular formula is C15H32N4. The van der Waals surface area contributed by atoms with Crippen LogP contribution in [0.1, 0.15) is 26.2 Å². The Morgan fingerprint density at radius 3 is 2.79 bits per heavy atom. The summed E-state index contributed by atoms with van der Waals surface area (Å²) >= 11 is 0. The molecule has 4 nitrogen and oxygen atoms in total. The average molecular weight is 268 g/mol. The smallest absolute Gasteiger partial charge is 0.0110 e. The van der Waals surface area contributed by atoms with Crippen LogP contribution < -0.4 is 10.6 Å².